The van der Waals surface area contributed by atoms with Crippen molar-refractivity contribution in [1.82, 2.24) is 0 Å². The summed E-state index contributed by atoms with van der Waals surface area (Å²) in [7, 11) is 1.26. The second-order valence-corrected chi connectivity index (χ2v) is 4.76. The van der Waals surface area contributed by atoms with Gasteiger partial charge in [-0.3, -0.25) is 4.79 Å². The van der Waals surface area contributed by atoms with Crippen molar-refractivity contribution in [3.63, 3.8) is 0 Å². The molecule has 2 aromatic rings. The molecule has 0 radical (unpaired) electrons. The zero-order chi connectivity index (χ0) is 15.6. The summed E-state index contributed by atoms with van der Waals surface area (Å²) in [5, 5.41) is 9.24. The molecule has 0 atom stereocenters. The number of carbonyl (C=O) groups is 1. The molecule has 0 saturated carbocycles. The smallest absolute Gasteiger partial charge is 0.309 e. The molecule has 0 aliphatic rings. The fourth-order valence-electron chi connectivity index (χ4n) is 1.93. The van der Waals surface area contributed by atoms with Crippen molar-refractivity contribution in [2.45, 2.75) is 6.42 Å². The molecule has 3 nitrogen and oxygen atoms in total. The molecular weight excluding hydrogens is 302 g/mol. The van der Waals surface area contributed by atoms with Crippen LogP contribution in [0, 0.1) is 11.6 Å². The summed E-state index contributed by atoms with van der Waals surface area (Å²) in [6.45, 7) is 0. The van der Waals surface area contributed by atoms with Crippen LogP contribution < -0.4 is 0 Å². The van der Waals surface area contributed by atoms with E-state index in [2.05, 4.69) is 4.74 Å². The summed E-state index contributed by atoms with van der Waals surface area (Å²) in [5.74, 6) is -2.79. The zero-order valence-corrected chi connectivity index (χ0v) is 11.7. The van der Waals surface area contributed by atoms with E-state index in [-0.39, 0.29) is 22.6 Å². The molecule has 2 rings (SSSR count). The van der Waals surface area contributed by atoms with Crippen LogP contribution in [0.5, 0.6) is 5.75 Å². The van der Waals surface area contributed by atoms with Gasteiger partial charge in [0, 0.05) is 22.7 Å². The second-order valence-electron chi connectivity index (χ2n) is 4.35. The van der Waals surface area contributed by atoms with E-state index in [1.54, 1.807) is 0 Å². The molecule has 6 heteroatoms. The minimum Gasteiger partial charge on any atom is -0.508 e. The molecule has 2 aromatic carbocycles. The van der Waals surface area contributed by atoms with Crippen molar-refractivity contribution >= 4 is 17.6 Å². The first kappa shape index (κ1) is 15.3. The highest BCUT2D eigenvalue weighted by Gasteiger charge is 2.16. The number of phenolic OH excluding ortho intramolecular Hbond substituents is 1. The number of rotatable bonds is 3. The van der Waals surface area contributed by atoms with E-state index in [0.717, 1.165) is 12.1 Å². The first-order valence-corrected chi connectivity index (χ1v) is 6.33. The van der Waals surface area contributed by atoms with Crippen molar-refractivity contribution in [2.24, 2.45) is 0 Å². The average molecular weight is 313 g/mol. The van der Waals surface area contributed by atoms with Crippen molar-refractivity contribution in [2.75, 3.05) is 7.11 Å². The Morgan fingerprint density at radius 2 is 1.86 bits per heavy atom. The summed E-state index contributed by atoms with van der Waals surface area (Å²) >= 11 is 6.03. The number of ether oxygens (including phenoxy) is 1. The molecule has 0 bridgehead atoms. The highest BCUT2D eigenvalue weighted by Crippen LogP contribution is 2.34. The maximum atomic E-state index is 13.8. The largest absolute Gasteiger partial charge is 0.508 e. The third-order valence-electron chi connectivity index (χ3n) is 2.91. The second kappa shape index (κ2) is 6.10. The van der Waals surface area contributed by atoms with Gasteiger partial charge in [-0.15, -0.1) is 0 Å². The maximum absolute atomic E-state index is 13.8. The molecule has 0 aromatic heterocycles. The van der Waals surface area contributed by atoms with Crippen LogP contribution >= 0.6 is 11.6 Å². The molecule has 1 N–H and O–H groups in total. The van der Waals surface area contributed by atoms with E-state index in [4.69, 9.17) is 16.7 Å². The molecule has 21 heavy (non-hydrogen) atoms. The van der Waals surface area contributed by atoms with Gasteiger partial charge in [-0.25, -0.2) is 8.78 Å². The van der Waals surface area contributed by atoms with Crippen LogP contribution in [0.3, 0.4) is 0 Å². The van der Waals surface area contributed by atoms with Gasteiger partial charge >= 0.3 is 5.97 Å². The maximum Gasteiger partial charge on any atom is 0.309 e. The Balaban J connectivity index is 2.45. The van der Waals surface area contributed by atoms with E-state index in [1.807, 2.05) is 0 Å². The van der Waals surface area contributed by atoms with Crippen LogP contribution in [0.2, 0.25) is 5.02 Å². The number of esters is 1. The Morgan fingerprint density at radius 1 is 1.24 bits per heavy atom. The van der Waals surface area contributed by atoms with Gasteiger partial charge in [-0.2, -0.15) is 0 Å². The highest BCUT2D eigenvalue weighted by atomic mass is 35.5. The summed E-state index contributed by atoms with van der Waals surface area (Å²) in [6, 6.07) is 6.00. The topological polar surface area (TPSA) is 46.5 Å². The summed E-state index contributed by atoms with van der Waals surface area (Å²) in [4.78, 5) is 11.2. The Morgan fingerprint density at radius 3 is 2.38 bits per heavy atom. The molecule has 0 fully saturated rings. The number of methoxy groups -OCH3 is 1. The number of benzene rings is 2. The number of aromatic hydroxyl groups is 1. The Bertz CT molecular complexity index is 678. The number of hydrogen-bond acceptors (Lipinski definition) is 3. The third kappa shape index (κ3) is 3.31. The molecule has 0 saturated heterocycles. The van der Waals surface area contributed by atoms with Gasteiger partial charge in [-0.05, 0) is 11.6 Å². The minimum absolute atomic E-state index is 0.0110. The van der Waals surface area contributed by atoms with Crippen molar-refractivity contribution in [3.8, 4) is 16.9 Å². The monoisotopic (exact) mass is 312 g/mol. The van der Waals surface area contributed by atoms with E-state index >= 15 is 0 Å². The van der Waals surface area contributed by atoms with E-state index in [0.29, 0.717) is 5.56 Å². The molecule has 0 unspecified atom stereocenters. The molecular formula is C15H11ClF2O3. The molecule has 0 amide bonds. The lowest BCUT2D eigenvalue weighted by atomic mass is 10.0. The molecule has 0 heterocycles. The Hall–Kier alpha value is -2.14. The molecule has 0 aliphatic heterocycles. The van der Waals surface area contributed by atoms with Gasteiger partial charge in [0.1, 0.15) is 17.4 Å². The van der Waals surface area contributed by atoms with Gasteiger partial charge in [0.05, 0.1) is 19.1 Å². The van der Waals surface area contributed by atoms with E-state index in [1.165, 1.54) is 25.3 Å². The van der Waals surface area contributed by atoms with Crippen molar-refractivity contribution < 1.29 is 23.4 Å². The molecule has 0 aliphatic carbocycles. The lowest BCUT2D eigenvalue weighted by Gasteiger charge is -2.09. The predicted octanol–water partition coefficient (Wildman–Crippen LogP) is 3.71. The number of phenols is 1. The van der Waals surface area contributed by atoms with Gasteiger partial charge in [0.15, 0.2) is 0 Å². The number of halogens is 3. The van der Waals surface area contributed by atoms with Gasteiger partial charge in [-0.1, -0.05) is 23.7 Å². The van der Waals surface area contributed by atoms with Crippen LogP contribution in [0.15, 0.2) is 30.3 Å². The highest BCUT2D eigenvalue weighted by molar-refractivity contribution is 6.33. The third-order valence-corrected chi connectivity index (χ3v) is 3.22. The first-order chi connectivity index (χ1) is 9.92. The number of carbonyl (C=O) groups excluding carboxylic acids is 1. The van der Waals surface area contributed by atoms with E-state index < -0.39 is 23.4 Å². The van der Waals surface area contributed by atoms with Crippen LogP contribution in [0.4, 0.5) is 8.78 Å². The summed E-state index contributed by atoms with van der Waals surface area (Å²) in [5.41, 5.74) is 0.373. The average Bonchev–Trinajstić information content (AvgIpc) is 2.40. The Kier molecular flexibility index (Phi) is 4.43. The standard InChI is InChI=1S/C15H11ClF2O3/c1-21-14(20)5-8-2-3-10(11(16)4-8)15-12(17)6-9(19)7-13(15)18/h2-4,6-7,19H,5H2,1H3. The SMILES string of the molecule is COC(=O)Cc1ccc(-c2c(F)cc(O)cc2F)c(Cl)c1. The van der Waals surface area contributed by atoms with Crippen LogP contribution in [0.25, 0.3) is 11.1 Å². The van der Waals surface area contributed by atoms with Gasteiger partial charge < -0.3 is 9.84 Å². The fourth-order valence-corrected chi connectivity index (χ4v) is 2.22. The van der Waals surface area contributed by atoms with Crippen LogP contribution in [0.1, 0.15) is 5.56 Å². The number of hydrogen-bond donors (Lipinski definition) is 1. The summed E-state index contributed by atoms with van der Waals surface area (Å²) < 4.78 is 32.1. The van der Waals surface area contributed by atoms with Crippen molar-refractivity contribution in [1.29, 1.82) is 0 Å². The normalized spacial score (nSPS) is 10.5. The Labute approximate surface area is 124 Å². The van der Waals surface area contributed by atoms with Crippen molar-refractivity contribution in [3.05, 3.63) is 52.6 Å². The van der Waals surface area contributed by atoms with Gasteiger partial charge in [0.2, 0.25) is 0 Å². The van der Waals surface area contributed by atoms with Crippen LogP contribution in [-0.2, 0) is 16.0 Å². The zero-order valence-electron chi connectivity index (χ0n) is 11.0. The predicted molar refractivity (Wildman–Crippen MR) is 74.2 cm³/mol. The van der Waals surface area contributed by atoms with E-state index in [9.17, 15) is 13.6 Å². The quantitative estimate of drug-likeness (QED) is 0.879. The lowest BCUT2D eigenvalue weighted by Crippen LogP contribution is -2.04. The molecule has 110 valence electrons. The van der Waals surface area contributed by atoms with Crippen LogP contribution in [-0.4, -0.2) is 18.2 Å². The first-order valence-electron chi connectivity index (χ1n) is 5.96. The lowest BCUT2D eigenvalue weighted by molar-refractivity contribution is -0.139. The molecule has 0 spiro atoms. The van der Waals surface area contributed by atoms with Gasteiger partial charge in [0.25, 0.3) is 0 Å². The fraction of sp³-hybridized carbons (Fsp3) is 0.133. The minimum atomic E-state index is -0.921. The summed E-state index contributed by atoms with van der Waals surface area (Å²) in [6.07, 6.45) is 0.0110.